The van der Waals surface area contributed by atoms with Crippen LogP contribution in [0.3, 0.4) is 0 Å². The fraction of sp³-hybridized carbons (Fsp3) is 0.333. The summed E-state index contributed by atoms with van der Waals surface area (Å²) < 4.78 is 4.82. The molecule has 0 aliphatic rings. The van der Waals surface area contributed by atoms with Crippen LogP contribution in [0.15, 0.2) is 30.3 Å². The Kier molecular flexibility index (Phi) is 6.29. The number of likely N-dealkylation sites (N-methyl/N-ethyl adjacent to an activating group) is 1. The van der Waals surface area contributed by atoms with Gasteiger partial charge in [-0.3, -0.25) is 9.59 Å². The van der Waals surface area contributed by atoms with Gasteiger partial charge >= 0.3 is 5.97 Å². The number of ether oxygens (including phenoxy) is 1. The van der Waals surface area contributed by atoms with Crippen LogP contribution in [-0.4, -0.2) is 41.6 Å². The molecule has 1 amide bonds. The molecule has 20 heavy (non-hydrogen) atoms. The molecule has 0 spiro atoms. The minimum atomic E-state index is -0.416. The second-order valence-corrected chi connectivity index (χ2v) is 4.08. The molecule has 0 fully saturated rings. The van der Waals surface area contributed by atoms with Gasteiger partial charge in [-0.25, -0.2) is 0 Å². The van der Waals surface area contributed by atoms with Crippen LogP contribution >= 0.6 is 0 Å². The number of amides is 1. The molecule has 0 heterocycles. The standard InChI is InChI=1S/C15H19NO4/c1-3-16(11-15(19)20-4-2)14(18)10-7-12-5-8-13(17)9-6-12/h5-10,17H,3-4,11H2,1-2H3/b10-7+. The van der Waals surface area contributed by atoms with Crippen LogP contribution in [0.2, 0.25) is 0 Å². The number of nitrogens with zero attached hydrogens (tertiary/aromatic N) is 1. The van der Waals surface area contributed by atoms with Crippen molar-refractivity contribution in [1.82, 2.24) is 4.90 Å². The van der Waals surface area contributed by atoms with Crippen LogP contribution in [0.4, 0.5) is 0 Å². The molecule has 0 aliphatic heterocycles. The third kappa shape index (κ3) is 5.14. The van der Waals surface area contributed by atoms with Crippen molar-refractivity contribution in [1.29, 1.82) is 0 Å². The van der Waals surface area contributed by atoms with Crippen molar-refractivity contribution in [2.45, 2.75) is 13.8 Å². The predicted octanol–water partition coefficient (Wildman–Crippen LogP) is 1.82. The second kappa shape index (κ2) is 7.99. The zero-order valence-corrected chi connectivity index (χ0v) is 11.7. The summed E-state index contributed by atoms with van der Waals surface area (Å²) in [5.41, 5.74) is 0.795. The summed E-state index contributed by atoms with van der Waals surface area (Å²) in [6.45, 7) is 4.20. The molecule has 0 radical (unpaired) electrons. The number of benzene rings is 1. The molecule has 108 valence electrons. The van der Waals surface area contributed by atoms with E-state index in [1.54, 1.807) is 44.2 Å². The quantitative estimate of drug-likeness (QED) is 0.636. The van der Waals surface area contributed by atoms with Gasteiger partial charge in [0.05, 0.1) is 6.61 Å². The van der Waals surface area contributed by atoms with E-state index in [0.29, 0.717) is 13.2 Å². The van der Waals surface area contributed by atoms with E-state index < -0.39 is 5.97 Å². The minimum absolute atomic E-state index is 0.0525. The summed E-state index contributed by atoms with van der Waals surface area (Å²) >= 11 is 0. The summed E-state index contributed by atoms with van der Waals surface area (Å²) in [6.07, 6.45) is 3.03. The third-order valence-corrected chi connectivity index (χ3v) is 2.63. The molecule has 1 aromatic carbocycles. The normalized spacial score (nSPS) is 10.5. The summed E-state index contributed by atoms with van der Waals surface area (Å²) in [6, 6.07) is 6.47. The zero-order valence-electron chi connectivity index (χ0n) is 11.7. The Hall–Kier alpha value is -2.30. The average molecular weight is 277 g/mol. The molecule has 1 rings (SSSR count). The van der Waals surface area contributed by atoms with Crippen molar-refractivity contribution in [3.05, 3.63) is 35.9 Å². The van der Waals surface area contributed by atoms with E-state index in [1.807, 2.05) is 0 Å². The number of phenols is 1. The first-order chi connectivity index (χ1) is 9.56. The average Bonchev–Trinajstić information content (AvgIpc) is 2.44. The molecule has 5 heteroatoms. The highest BCUT2D eigenvalue weighted by molar-refractivity contribution is 5.93. The van der Waals surface area contributed by atoms with Crippen molar-refractivity contribution in [2.75, 3.05) is 19.7 Å². The number of aromatic hydroxyl groups is 1. The number of carbonyl (C=O) groups excluding carboxylic acids is 2. The van der Waals surface area contributed by atoms with Crippen LogP contribution in [0.25, 0.3) is 6.08 Å². The third-order valence-electron chi connectivity index (χ3n) is 2.63. The van der Waals surface area contributed by atoms with E-state index in [1.165, 1.54) is 11.0 Å². The lowest BCUT2D eigenvalue weighted by molar-refractivity contribution is -0.147. The molecule has 0 saturated carbocycles. The lowest BCUT2D eigenvalue weighted by Gasteiger charge is -2.17. The molecular weight excluding hydrogens is 258 g/mol. The molecular formula is C15H19NO4. The number of hydrogen-bond donors (Lipinski definition) is 1. The fourth-order valence-corrected chi connectivity index (χ4v) is 1.57. The number of carbonyl (C=O) groups is 2. The van der Waals surface area contributed by atoms with Crippen LogP contribution in [0.5, 0.6) is 5.75 Å². The van der Waals surface area contributed by atoms with Crippen LogP contribution in [0.1, 0.15) is 19.4 Å². The van der Waals surface area contributed by atoms with Crippen molar-refractivity contribution < 1.29 is 19.4 Å². The van der Waals surface area contributed by atoms with Gasteiger partial charge in [0.25, 0.3) is 0 Å². The molecule has 0 bridgehead atoms. The Morgan fingerprint density at radius 2 is 1.90 bits per heavy atom. The van der Waals surface area contributed by atoms with E-state index in [2.05, 4.69) is 0 Å². The summed E-state index contributed by atoms with van der Waals surface area (Å²) in [7, 11) is 0. The van der Waals surface area contributed by atoms with Crippen molar-refractivity contribution >= 4 is 18.0 Å². The van der Waals surface area contributed by atoms with E-state index in [-0.39, 0.29) is 18.2 Å². The summed E-state index contributed by atoms with van der Waals surface area (Å²) in [5, 5.41) is 9.16. The first-order valence-corrected chi connectivity index (χ1v) is 6.48. The van der Waals surface area contributed by atoms with Gasteiger partial charge in [0.15, 0.2) is 0 Å². The van der Waals surface area contributed by atoms with E-state index >= 15 is 0 Å². The van der Waals surface area contributed by atoms with Crippen molar-refractivity contribution in [2.24, 2.45) is 0 Å². The first kappa shape index (κ1) is 15.8. The highest BCUT2D eigenvalue weighted by Gasteiger charge is 2.13. The van der Waals surface area contributed by atoms with Crippen LogP contribution in [-0.2, 0) is 14.3 Å². The van der Waals surface area contributed by atoms with Gasteiger partial charge in [0.2, 0.25) is 5.91 Å². The van der Waals surface area contributed by atoms with Gasteiger partial charge < -0.3 is 14.7 Å². The molecule has 0 aromatic heterocycles. The number of rotatable bonds is 6. The van der Waals surface area contributed by atoms with Crippen LogP contribution in [0, 0.1) is 0 Å². The van der Waals surface area contributed by atoms with Gasteiger partial charge in [-0.05, 0) is 37.6 Å². The largest absolute Gasteiger partial charge is 0.508 e. The highest BCUT2D eigenvalue weighted by Crippen LogP contribution is 2.10. The molecule has 5 nitrogen and oxygen atoms in total. The maximum absolute atomic E-state index is 11.9. The smallest absolute Gasteiger partial charge is 0.325 e. The molecule has 0 aliphatic carbocycles. The Bertz CT molecular complexity index is 479. The van der Waals surface area contributed by atoms with E-state index in [0.717, 1.165) is 5.56 Å². The molecule has 0 saturated heterocycles. The van der Waals surface area contributed by atoms with Gasteiger partial charge in [-0.1, -0.05) is 12.1 Å². The lowest BCUT2D eigenvalue weighted by atomic mass is 10.2. The van der Waals surface area contributed by atoms with Crippen molar-refractivity contribution in [3.8, 4) is 5.75 Å². The van der Waals surface area contributed by atoms with E-state index in [9.17, 15) is 9.59 Å². The molecule has 0 unspecified atom stereocenters. The van der Waals surface area contributed by atoms with E-state index in [4.69, 9.17) is 9.84 Å². The number of hydrogen-bond acceptors (Lipinski definition) is 4. The summed E-state index contributed by atoms with van der Waals surface area (Å²) in [5.74, 6) is -0.500. The molecule has 1 aromatic rings. The second-order valence-electron chi connectivity index (χ2n) is 4.08. The molecule has 1 N–H and O–H groups in total. The first-order valence-electron chi connectivity index (χ1n) is 6.48. The Labute approximate surface area is 118 Å². The fourth-order valence-electron chi connectivity index (χ4n) is 1.57. The predicted molar refractivity (Wildman–Crippen MR) is 76.0 cm³/mol. The molecule has 0 atom stereocenters. The number of esters is 1. The van der Waals surface area contributed by atoms with Gasteiger partial charge in [0.1, 0.15) is 12.3 Å². The zero-order chi connectivity index (χ0) is 15.0. The number of phenolic OH excluding ortho intramolecular Hbond substituents is 1. The maximum atomic E-state index is 11.9. The topological polar surface area (TPSA) is 66.8 Å². The van der Waals surface area contributed by atoms with Gasteiger partial charge in [0, 0.05) is 12.6 Å². The van der Waals surface area contributed by atoms with Crippen LogP contribution < -0.4 is 0 Å². The lowest BCUT2D eigenvalue weighted by Crippen LogP contribution is -2.35. The monoisotopic (exact) mass is 277 g/mol. The van der Waals surface area contributed by atoms with Gasteiger partial charge in [-0.15, -0.1) is 0 Å². The minimum Gasteiger partial charge on any atom is -0.508 e. The maximum Gasteiger partial charge on any atom is 0.325 e. The SMILES string of the molecule is CCOC(=O)CN(CC)C(=O)/C=C/c1ccc(O)cc1. The van der Waals surface area contributed by atoms with Crippen molar-refractivity contribution in [3.63, 3.8) is 0 Å². The van der Waals surface area contributed by atoms with Gasteiger partial charge in [-0.2, -0.15) is 0 Å². The Morgan fingerprint density at radius 3 is 2.45 bits per heavy atom. The summed E-state index contributed by atoms with van der Waals surface area (Å²) in [4.78, 5) is 24.7. The Morgan fingerprint density at radius 1 is 1.25 bits per heavy atom. The highest BCUT2D eigenvalue weighted by atomic mass is 16.5. The Balaban J connectivity index is 2.62.